The summed E-state index contributed by atoms with van der Waals surface area (Å²) in [6.07, 6.45) is -3.31. The number of ether oxygens (including phenoxy) is 1. The first-order valence-corrected chi connectivity index (χ1v) is 10.8. The summed E-state index contributed by atoms with van der Waals surface area (Å²) in [6.45, 7) is -0.411. The van der Waals surface area contributed by atoms with E-state index in [4.69, 9.17) is 24.7 Å². The number of carboxylic acids is 2. The lowest BCUT2D eigenvalue weighted by Crippen LogP contribution is -2.21. The average Bonchev–Trinajstić information content (AvgIpc) is 3.35. The average molecular weight is 525 g/mol. The van der Waals surface area contributed by atoms with E-state index in [1.807, 2.05) is 48.5 Å². The Balaban J connectivity index is 0.000000426. The number of benzene rings is 3. The van der Waals surface area contributed by atoms with Crippen molar-refractivity contribution in [3.8, 4) is 17.1 Å². The van der Waals surface area contributed by atoms with Crippen molar-refractivity contribution in [1.29, 1.82) is 0 Å². The van der Waals surface area contributed by atoms with Crippen molar-refractivity contribution in [3.63, 3.8) is 0 Å². The lowest BCUT2D eigenvalue weighted by molar-refractivity contribution is -0.192. The molecule has 4 N–H and O–H groups in total. The van der Waals surface area contributed by atoms with Crippen molar-refractivity contribution < 1.29 is 37.7 Å². The predicted molar refractivity (Wildman–Crippen MR) is 131 cm³/mol. The number of fused-ring (bicyclic) bond motifs is 2. The van der Waals surface area contributed by atoms with Crippen LogP contribution in [0.25, 0.3) is 33.2 Å². The van der Waals surface area contributed by atoms with Crippen LogP contribution >= 0.6 is 0 Å². The third-order valence-corrected chi connectivity index (χ3v) is 5.00. The van der Waals surface area contributed by atoms with Gasteiger partial charge in [-0.3, -0.25) is 5.10 Å². The number of aromatic nitrogens is 4. The number of anilines is 2. The topological polar surface area (TPSA) is 150 Å². The number of para-hydroxylation sites is 1. The molecule has 0 radical (unpaired) electrons. The van der Waals surface area contributed by atoms with E-state index in [0.29, 0.717) is 17.4 Å². The SMILES string of the molecule is O=C(O)C(F)(F)F.O=C(O)COc1cccc(-c2nc(Nc3ccc4[nH]ncc4c3)c3ccccc3n2)c1. The number of halogens is 3. The molecule has 0 saturated heterocycles. The first-order valence-electron chi connectivity index (χ1n) is 10.8. The van der Waals surface area contributed by atoms with Crippen LogP contribution in [0.4, 0.5) is 24.7 Å². The highest BCUT2D eigenvalue weighted by Gasteiger charge is 2.38. The largest absolute Gasteiger partial charge is 0.490 e. The Bertz CT molecular complexity index is 1620. The summed E-state index contributed by atoms with van der Waals surface area (Å²) in [5.74, 6) is -2.18. The number of H-pyrrole nitrogens is 1. The molecule has 0 spiro atoms. The summed E-state index contributed by atoms with van der Waals surface area (Å²) in [5, 5.41) is 28.2. The molecule has 0 amide bonds. The molecular weight excluding hydrogens is 507 g/mol. The van der Waals surface area contributed by atoms with Gasteiger partial charge in [0.05, 0.1) is 17.2 Å². The second-order valence-electron chi connectivity index (χ2n) is 7.72. The Morgan fingerprint density at radius 1 is 0.974 bits per heavy atom. The van der Waals surface area contributed by atoms with E-state index in [2.05, 4.69) is 20.5 Å². The zero-order chi connectivity index (χ0) is 27.3. The van der Waals surface area contributed by atoms with Crippen molar-refractivity contribution in [2.45, 2.75) is 6.18 Å². The number of carboxylic acid groups (broad SMARTS) is 2. The minimum absolute atomic E-state index is 0.411. The van der Waals surface area contributed by atoms with Gasteiger partial charge in [0, 0.05) is 22.0 Å². The molecule has 2 heterocycles. The number of nitrogens with zero attached hydrogens (tertiary/aromatic N) is 3. The molecule has 5 rings (SSSR count). The fourth-order valence-electron chi connectivity index (χ4n) is 3.33. The van der Waals surface area contributed by atoms with Crippen LogP contribution in [0.3, 0.4) is 0 Å². The fourth-order valence-corrected chi connectivity index (χ4v) is 3.33. The van der Waals surface area contributed by atoms with Crippen molar-refractivity contribution in [2.75, 3.05) is 11.9 Å². The van der Waals surface area contributed by atoms with E-state index in [0.717, 1.165) is 33.1 Å². The maximum absolute atomic E-state index is 10.8. The van der Waals surface area contributed by atoms with Crippen LogP contribution in [0.15, 0.2) is 72.9 Å². The molecule has 0 saturated carbocycles. The molecule has 10 nitrogen and oxygen atoms in total. The van der Waals surface area contributed by atoms with Crippen molar-refractivity contribution in [3.05, 3.63) is 72.9 Å². The molecule has 3 aromatic carbocycles. The molecule has 0 aliphatic carbocycles. The third-order valence-electron chi connectivity index (χ3n) is 5.00. The maximum atomic E-state index is 10.8. The first-order chi connectivity index (χ1) is 18.1. The molecule has 0 bridgehead atoms. The summed E-state index contributed by atoms with van der Waals surface area (Å²) in [5.41, 5.74) is 3.34. The Labute approximate surface area is 211 Å². The van der Waals surface area contributed by atoms with Gasteiger partial charge < -0.3 is 20.3 Å². The van der Waals surface area contributed by atoms with E-state index >= 15 is 0 Å². The highest BCUT2D eigenvalue weighted by atomic mass is 19.4. The van der Waals surface area contributed by atoms with Gasteiger partial charge in [-0.15, -0.1) is 0 Å². The van der Waals surface area contributed by atoms with Gasteiger partial charge in [0.1, 0.15) is 11.6 Å². The van der Waals surface area contributed by atoms with Crippen molar-refractivity contribution in [1.82, 2.24) is 20.2 Å². The summed E-state index contributed by atoms with van der Waals surface area (Å²) in [4.78, 5) is 29.1. The predicted octanol–water partition coefficient (Wildman–Crippen LogP) is 5.01. The minimum atomic E-state index is -5.08. The van der Waals surface area contributed by atoms with Gasteiger partial charge in [-0.25, -0.2) is 19.6 Å². The number of nitrogens with one attached hydrogen (secondary N) is 2. The maximum Gasteiger partial charge on any atom is 0.490 e. The summed E-state index contributed by atoms with van der Waals surface area (Å²) in [6, 6.07) is 20.7. The van der Waals surface area contributed by atoms with Gasteiger partial charge in [0.2, 0.25) is 0 Å². The normalized spacial score (nSPS) is 11.0. The number of carbonyl (C=O) groups is 2. The molecule has 0 atom stereocenters. The molecule has 0 aliphatic rings. The van der Waals surface area contributed by atoms with Crippen molar-refractivity contribution >= 4 is 45.2 Å². The van der Waals surface area contributed by atoms with Crippen LogP contribution in [0.1, 0.15) is 0 Å². The molecule has 5 aromatic rings. The van der Waals surface area contributed by atoms with E-state index in [-0.39, 0.29) is 0 Å². The van der Waals surface area contributed by atoms with Crippen LogP contribution < -0.4 is 10.1 Å². The monoisotopic (exact) mass is 525 g/mol. The number of aliphatic carboxylic acids is 2. The highest BCUT2D eigenvalue weighted by Crippen LogP contribution is 2.29. The van der Waals surface area contributed by atoms with Gasteiger partial charge in [0.25, 0.3) is 0 Å². The molecule has 38 heavy (non-hydrogen) atoms. The van der Waals surface area contributed by atoms with E-state index in [1.54, 1.807) is 24.4 Å². The van der Waals surface area contributed by atoms with Crippen LogP contribution in [-0.2, 0) is 9.59 Å². The highest BCUT2D eigenvalue weighted by molar-refractivity contribution is 5.93. The number of hydrogen-bond donors (Lipinski definition) is 4. The van der Waals surface area contributed by atoms with Crippen molar-refractivity contribution in [2.24, 2.45) is 0 Å². The zero-order valence-electron chi connectivity index (χ0n) is 19.2. The molecular formula is C25H18F3N5O5. The van der Waals surface area contributed by atoms with Gasteiger partial charge >= 0.3 is 18.1 Å². The minimum Gasteiger partial charge on any atom is -0.482 e. The van der Waals surface area contributed by atoms with Gasteiger partial charge in [0.15, 0.2) is 12.4 Å². The van der Waals surface area contributed by atoms with Crippen LogP contribution in [-0.4, -0.2) is 55.1 Å². The second kappa shape index (κ2) is 10.8. The molecule has 13 heteroatoms. The van der Waals surface area contributed by atoms with E-state index in [9.17, 15) is 18.0 Å². The lowest BCUT2D eigenvalue weighted by Gasteiger charge is -2.12. The standard InChI is InChI=1S/C23H17N5O3.C2HF3O2/c29-21(30)13-31-17-5-3-4-14(11-17)22-26-20-7-2-1-6-18(20)23(27-22)25-16-8-9-19-15(10-16)12-24-28-19;3-2(4,5)1(6)7/h1-12H,13H2,(H,24,28)(H,29,30)(H,25,26,27);(H,6,7). The van der Waals surface area contributed by atoms with Crippen LogP contribution in [0.2, 0.25) is 0 Å². The summed E-state index contributed by atoms with van der Waals surface area (Å²) in [7, 11) is 0. The molecule has 0 unspecified atom stereocenters. The number of alkyl halides is 3. The fraction of sp³-hybridized carbons (Fsp3) is 0.0800. The second-order valence-corrected chi connectivity index (χ2v) is 7.72. The summed E-state index contributed by atoms with van der Waals surface area (Å²) >= 11 is 0. The Morgan fingerprint density at radius 2 is 1.74 bits per heavy atom. The zero-order valence-corrected chi connectivity index (χ0v) is 19.2. The Morgan fingerprint density at radius 3 is 2.47 bits per heavy atom. The first kappa shape index (κ1) is 25.9. The van der Waals surface area contributed by atoms with Crippen LogP contribution in [0.5, 0.6) is 5.75 Å². The third kappa shape index (κ3) is 6.32. The van der Waals surface area contributed by atoms with Gasteiger partial charge in [-0.1, -0.05) is 24.3 Å². The smallest absolute Gasteiger partial charge is 0.482 e. The molecule has 194 valence electrons. The van der Waals surface area contributed by atoms with Crippen LogP contribution in [0, 0.1) is 0 Å². The Kier molecular flexibility index (Phi) is 7.37. The van der Waals surface area contributed by atoms with E-state index in [1.165, 1.54) is 0 Å². The number of rotatable bonds is 6. The van der Waals surface area contributed by atoms with E-state index < -0.39 is 24.7 Å². The number of hydrogen-bond acceptors (Lipinski definition) is 7. The van der Waals surface area contributed by atoms with Gasteiger partial charge in [-0.2, -0.15) is 18.3 Å². The summed E-state index contributed by atoms with van der Waals surface area (Å²) < 4.78 is 37.0. The molecule has 0 fully saturated rings. The molecule has 0 aliphatic heterocycles. The lowest BCUT2D eigenvalue weighted by atomic mass is 10.1. The Hall–Kier alpha value is -5.20. The number of aromatic amines is 1. The van der Waals surface area contributed by atoms with Gasteiger partial charge in [-0.05, 0) is 42.5 Å². The molecule has 2 aromatic heterocycles. The quantitative estimate of drug-likeness (QED) is 0.240.